The average Bonchev–Trinajstić information content (AvgIpc) is 4.26. The summed E-state index contributed by atoms with van der Waals surface area (Å²) in [4.78, 5) is 40.5. The summed E-state index contributed by atoms with van der Waals surface area (Å²) in [5, 5.41) is 26.9. The number of nitrogens with one attached hydrogen (secondary N) is 3. The van der Waals surface area contributed by atoms with Crippen molar-refractivity contribution in [2.45, 2.75) is 114 Å². The number of fused-ring (bicyclic) bond motifs is 2. The van der Waals surface area contributed by atoms with E-state index in [0.29, 0.717) is 62.9 Å². The Balaban J connectivity index is 0.814. The molecule has 412 valence electrons. The molecule has 17 nitrogen and oxygen atoms in total. The largest absolute Gasteiger partial charge is 0.497 e. The lowest BCUT2D eigenvalue weighted by Gasteiger charge is -2.58. The molecule has 1 amide bonds. The SMILES string of the molecule is COc1ccc(CN2CCN(C3CC4(CCN(c5cc(Oc6cnc7[nH]ccc7c6)c(C(=O)NS(=O)(=O)c6cc([N+](=O)[O-])c(NCC7CCC(C)(O)CC7)c7c6CCO7)cc5F)CC4)C3)[C@H](c3ccccc3C(C)C)C2)cc1. The normalized spacial score (nSPS) is 21.8. The Labute approximate surface area is 454 Å². The first kappa shape index (κ1) is 53.2. The zero-order valence-corrected chi connectivity index (χ0v) is 45.5. The van der Waals surface area contributed by atoms with Gasteiger partial charge in [0.05, 0.1) is 41.7 Å². The maximum atomic E-state index is 16.8. The molecule has 4 aromatic carbocycles. The number of pyridine rings is 1. The molecule has 4 N–H and O–H groups in total. The van der Waals surface area contributed by atoms with Crippen molar-refractivity contribution in [2.24, 2.45) is 11.3 Å². The number of carbonyl (C=O) groups is 1. The van der Waals surface area contributed by atoms with Crippen LogP contribution < -0.4 is 29.1 Å². The van der Waals surface area contributed by atoms with Crippen LogP contribution in [0.5, 0.6) is 23.0 Å². The van der Waals surface area contributed by atoms with Crippen molar-refractivity contribution in [3.8, 4) is 23.0 Å². The van der Waals surface area contributed by atoms with Gasteiger partial charge in [-0.2, -0.15) is 0 Å². The number of aromatic amines is 1. The first-order valence-corrected chi connectivity index (χ1v) is 28.8. The predicted octanol–water partition coefficient (Wildman–Crippen LogP) is 10.2. The van der Waals surface area contributed by atoms with Gasteiger partial charge >= 0.3 is 0 Å². The van der Waals surface area contributed by atoms with Crippen LogP contribution in [0.3, 0.4) is 0 Å². The number of H-pyrrole nitrogens is 1. The third kappa shape index (κ3) is 10.9. The second-order valence-corrected chi connectivity index (χ2v) is 24.5. The Morgan fingerprint density at radius 1 is 1.00 bits per heavy atom. The summed E-state index contributed by atoms with van der Waals surface area (Å²) >= 11 is 0. The van der Waals surface area contributed by atoms with Crippen LogP contribution in [0, 0.1) is 27.3 Å². The minimum Gasteiger partial charge on any atom is -0.497 e. The van der Waals surface area contributed by atoms with Crippen molar-refractivity contribution >= 4 is 44.0 Å². The highest BCUT2D eigenvalue weighted by atomic mass is 32.2. The highest BCUT2D eigenvalue weighted by Gasteiger charge is 2.50. The molecule has 11 rings (SSSR count). The summed E-state index contributed by atoms with van der Waals surface area (Å²) in [6.07, 6.45) is 9.67. The van der Waals surface area contributed by atoms with E-state index >= 15 is 4.39 Å². The number of hydrogen-bond acceptors (Lipinski definition) is 14. The number of carbonyl (C=O) groups excluding carboxylic acids is 1. The van der Waals surface area contributed by atoms with Crippen LogP contribution in [0.1, 0.15) is 117 Å². The van der Waals surface area contributed by atoms with E-state index in [4.69, 9.17) is 14.2 Å². The maximum Gasteiger partial charge on any atom is 0.297 e. The lowest BCUT2D eigenvalue weighted by molar-refractivity contribution is -0.384. The fourth-order valence-corrected chi connectivity index (χ4v) is 14.1. The molecule has 1 atom stereocenters. The summed E-state index contributed by atoms with van der Waals surface area (Å²) in [7, 11) is -3.14. The Morgan fingerprint density at radius 2 is 1.76 bits per heavy atom. The molecule has 78 heavy (non-hydrogen) atoms. The summed E-state index contributed by atoms with van der Waals surface area (Å²) in [6, 6.07) is 24.8. The van der Waals surface area contributed by atoms with E-state index in [2.05, 4.69) is 80.1 Å². The van der Waals surface area contributed by atoms with Crippen molar-refractivity contribution in [3.63, 3.8) is 0 Å². The molecular weight excluding hydrogens is 1020 g/mol. The molecule has 2 aliphatic carbocycles. The topological polar surface area (TPSA) is 205 Å². The molecule has 5 heterocycles. The number of nitro groups is 1. The Bertz CT molecular complexity index is 3330. The molecule has 0 unspecified atom stereocenters. The number of anilines is 2. The van der Waals surface area contributed by atoms with E-state index in [0.717, 1.165) is 75.1 Å². The highest BCUT2D eigenvalue weighted by molar-refractivity contribution is 7.90. The molecule has 1 spiro atoms. The number of piperidine rings is 1. The molecule has 0 bridgehead atoms. The van der Waals surface area contributed by atoms with Crippen LogP contribution in [0.15, 0.2) is 96.2 Å². The minimum atomic E-state index is -4.83. The predicted molar refractivity (Wildman–Crippen MR) is 296 cm³/mol. The van der Waals surface area contributed by atoms with Gasteiger partial charge in [0, 0.05) is 93.6 Å². The molecule has 5 aliphatic rings. The Hall–Kier alpha value is -6.80. The van der Waals surface area contributed by atoms with Gasteiger partial charge in [-0.05, 0) is 123 Å². The molecule has 3 aliphatic heterocycles. The van der Waals surface area contributed by atoms with Gasteiger partial charge in [0.1, 0.15) is 33.6 Å². The van der Waals surface area contributed by atoms with Crippen molar-refractivity contribution in [3.05, 3.63) is 135 Å². The quantitative estimate of drug-likeness (QED) is 0.0526. The number of nitro benzene ring substituents is 1. The van der Waals surface area contributed by atoms with Crippen LogP contribution in [-0.2, 0) is 23.0 Å². The lowest BCUT2D eigenvalue weighted by Crippen LogP contribution is -2.60. The Kier molecular flexibility index (Phi) is 14.6. The van der Waals surface area contributed by atoms with E-state index in [1.54, 1.807) is 32.4 Å². The van der Waals surface area contributed by atoms with Crippen molar-refractivity contribution in [2.75, 3.05) is 63.2 Å². The van der Waals surface area contributed by atoms with Gasteiger partial charge in [-0.1, -0.05) is 50.2 Å². The molecule has 4 fully saturated rings. The van der Waals surface area contributed by atoms with Gasteiger partial charge in [0.15, 0.2) is 11.4 Å². The van der Waals surface area contributed by atoms with Gasteiger partial charge in [0.25, 0.3) is 21.6 Å². The number of benzene rings is 4. The van der Waals surface area contributed by atoms with Gasteiger partial charge in [0.2, 0.25) is 0 Å². The fraction of sp³-hybridized carbons (Fsp3) is 0.458. The molecule has 0 radical (unpaired) electrons. The molecular formula is C59H69FN8O9S. The van der Waals surface area contributed by atoms with Gasteiger partial charge in [-0.15, -0.1) is 0 Å². The van der Waals surface area contributed by atoms with Crippen LogP contribution in [0.4, 0.5) is 21.5 Å². The van der Waals surface area contributed by atoms with E-state index < -0.39 is 48.4 Å². The maximum absolute atomic E-state index is 16.8. The number of piperazine rings is 1. The monoisotopic (exact) mass is 1080 g/mol. The molecule has 19 heteroatoms. The summed E-state index contributed by atoms with van der Waals surface area (Å²) in [6.45, 7) is 11.6. The number of sulfonamides is 1. The second-order valence-electron chi connectivity index (χ2n) is 22.8. The summed E-state index contributed by atoms with van der Waals surface area (Å²) < 4.78 is 65.2. The van der Waals surface area contributed by atoms with Crippen LogP contribution in [-0.4, -0.2) is 109 Å². The van der Waals surface area contributed by atoms with Crippen LogP contribution in [0.25, 0.3) is 11.0 Å². The molecule has 2 saturated heterocycles. The van der Waals surface area contributed by atoms with E-state index in [1.807, 2.05) is 17.0 Å². The zero-order chi connectivity index (χ0) is 54.5. The summed E-state index contributed by atoms with van der Waals surface area (Å²) in [5.74, 6) is -0.396. The Morgan fingerprint density at radius 3 is 2.49 bits per heavy atom. The molecule has 6 aromatic rings. The van der Waals surface area contributed by atoms with Crippen molar-refractivity contribution in [1.82, 2.24) is 24.5 Å². The van der Waals surface area contributed by atoms with Gasteiger partial charge in [-0.3, -0.25) is 24.7 Å². The number of halogens is 1. The number of aromatic nitrogens is 2. The zero-order valence-electron chi connectivity index (χ0n) is 44.7. The van der Waals surface area contributed by atoms with E-state index in [-0.39, 0.29) is 64.6 Å². The lowest BCUT2D eigenvalue weighted by atomic mass is 9.59. The fourth-order valence-electron chi connectivity index (χ4n) is 12.8. The van der Waals surface area contributed by atoms with E-state index in [9.17, 15) is 28.4 Å². The number of ether oxygens (including phenoxy) is 3. The van der Waals surface area contributed by atoms with Crippen LogP contribution in [0.2, 0.25) is 0 Å². The first-order chi connectivity index (χ1) is 37.4. The van der Waals surface area contributed by atoms with E-state index in [1.165, 1.54) is 29.0 Å². The number of aliphatic hydroxyl groups is 1. The van der Waals surface area contributed by atoms with Gasteiger partial charge in [-0.25, -0.2) is 22.5 Å². The van der Waals surface area contributed by atoms with Crippen molar-refractivity contribution < 1.29 is 41.8 Å². The number of rotatable bonds is 16. The molecule has 2 aromatic heterocycles. The number of nitrogens with zero attached hydrogens (tertiary/aromatic N) is 5. The second kappa shape index (κ2) is 21.4. The average molecular weight is 1090 g/mol. The number of amides is 1. The standard InChI is InChI=1S/C59H69FN8O9S/c1-37(2)44-7-5-6-8-45(44)51-36-65(35-39-9-11-42(75-4)12-10-39)24-25-67(51)41-31-59(32-41)19-22-66(23-20-59)49-29-52(77-43-27-40-15-21-61-56(40)63-34-43)47(28-48(49)60)57(69)64-78(73,74)53-30-50(68(71)72)54(55-46(53)16-26-76-55)62-33-38-13-17-58(3,70)18-14-38/h5-12,15,21,27-30,34,37-38,41,51,62,70H,13-14,16-20,22-26,31-33,35-36H2,1-4H3,(H,61,63)(H,64,69)/t38?,51-,58?/m0/s1. The molecule has 2 saturated carbocycles. The third-order valence-corrected chi connectivity index (χ3v) is 18.7. The first-order valence-electron chi connectivity index (χ1n) is 27.4. The van der Waals surface area contributed by atoms with Gasteiger partial charge < -0.3 is 34.5 Å². The summed E-state index contributed by atoms with van der Waals surface area (Å²) in [5.41, 5.74) is 3.50. The smallest absolute Gasteiger partial charge is 0.297 e. The highest BCUT2D eigenvalue weighted by Crippen LogP contribution is 2.54. The number of methoxy groups -OCH3 is 1. The van der Waals surface area contributed by atoms with Crippen LogP contribution >= 0.6 is 0 Å². The third-order valence-electron chi connectivity index (χ3n) is 17.3. The minimum absolute atomic E-state index is 0.0313. The number of hydrogen-bond donors (Lipinski definition) is 4. The van der Waals surface area contributed by atoms with Crippen molar-refractivity contribution in [1.29, 1.82) is 0 Å².